The molecule has 8 aliphatic rings. The van der Waals surface area contributed by atoms with Crippen molar-refractivity contribution < 1.29 is 23.8 Å². The molecule has 8 rings (SSSR count). The van der Waals surface area contributed by atoms with E-state index in [4.69, 9.17) is 0 Å². The van der Waals surface area contributed by atoms with Gasteiger partial charge >= 0.3 is 0 Å². The highest BCUT2D eigenvalue weighted by Crippen LogP contribution is 2.67. The van der Waals surface area contributed by atoms with E-state index in [0.29, 0.717) is 79.8 Å². The summed E-state index contributed by atoms with van der Waals surface area (Å²) in [5.41, 5.74) is -1.57. The lowest BCUT2D eigenvalue weighted by molar-refractivity contribution is -0.164. The van der Waals surface area contributed by atoms with Gasteiger partial charge in [0.05, 0.1) is 11.2 Å². The van der Waals surface area contributed by atoms with Gasteiger partial charge in [-0.3, -0.25) is 4.79 Å². The fourth-order valence-electron chi connectivity index (χ4n) is 14.0. The molecule has 0 amide bonds. The van der Waals surface area contributed by atoms with Crippen LogP contribution in [-0.4, -0.2) is 38.5 Å². The summed E-state index contributed by atoms with van der Waals surface area (Å²) in [5, 5.41) is 20.7. The predicted octanol–water partition coefficient (Wildman–Crippen LogP) is 9.48. The van der Waals surface area contributed by atoms with E-state index in [-0.39, 0.29) is 29.1 Å². The lowest BCUT2D eigenvalue weighted by atomic mass is 9.48. The number of aliphatic hydroxyl groups is 2. The molecule has 0 radical (unpaired) electrons. The third-order valence-electron chi connectivity index (χ3n) is 16.5. The Balaban J connectivity index is 0.000000145. The molecule has 0 spiro atoms. The maximum Gasteiger partial charge on any atom is 0.139 e. The van der Waals surface area contributed by atoms with E-state index in [1.54, 1.807) is 5.57 Å². The van der Waals surface area contributed by atoms with Crippen molar-refractivity contribution in [3.05, 3.63) is 11.6 Å². The Bertz CT molecular complexity index is 1210. The number of hydrogen-bond donors (Lipinski definition) is 2. The molecule has 0 aromatic heterocycles. The Morgan fingerprint density at radius 3 is 1.58 bits per heavy atom. The largest absolute Gasteiger partial charge is 0.390 e. The first-order chi connectivity index (χ1) is 21.1. The highest BCUT2D eigenvalue weighted by molar-refractivity contribution is 5.87. The zero-order valence-corrected chi connectivity index (χ0v) is 29.0. The van der Waals surface area contributed by atoms with Crippen molar-refractivity contribution >= 4 is 5.78 Å². The molecule has 5 heteroatoms. The molecule has 8 aliphatic carbocycles. The Hall–Kier alpha value is -0.810. The molecule has 0 bridgehead atoms. The number of carbonyl (C=O) groups excluding carboxylic acids is 1. The van der Waals surface area contributed by atoms with Gasteiger partial charge in [0.1, 0.15) is 17.1 Å². The van der Waals surface area contributed by atoms with Crippen LogP contribution in [0.4, 0.5) is 8.78 Å². The normalized spacial score (nSPS) is 57.8. The molecule has 0 aromatic carbocycles. The van der Waals surface area contributed by atoms with Gasteiger partial charge in [-0.25, -0.2) is 8.78 Å². The lowest BCUT2D eigenvalue weighted by Crippen LogP contribution is -2.58. The fourth-order valence-corrected chi connectivity index (χ4v) is 14.0. The molecule has 2 N–H and O–H groups in total. The summed E-state index contributed by atoms with van der Waals surface area (Å²) in [6.07, 6.45) is 18.3. The molecule has 14 atom stereocenters. The molecule has 8 saturated carbocycles. The van der Waals surface area contributed by atoms with E-state index in [0.717, 1.165) is 44.9 Å². The van der Waals surface area contributed by atoms with Crippen LogP contribution >= 0.6 is 0 Å². The molecule has 0 heterocycles. The second kappa shape index (κ2) is 10.8. The highest BCUT2D eigenvalue weighted by Gasteiger charge is 2.64. The Morgan fingerprint density at radius 2 is 1.07 bits per heavy atom. The number of ketones is 1. The molecule has 45 heavy (non-hydrogen) atoms. The van der Waals surface area contributed by atoms with E-state index in [2.05, 4.69) is 26.8 Å². The van der Waals surface area contributed by atoms with Gasteiger partial charge in [-0.1, -0.05) is 25.5 Å². The van der Waals surface area contributed by atoms with Crippen LogP contribution in [0.1, 0.15) is 150 Å². The van der Waals surface area contributed by atoms with Crippen molar-refractivity contribution in [2.45, 2.75) is 173 Å². The van der Waals surface area contributed by atoms with Gasteiger partial charge in [-0.15, -0.1) is 0 Å². The standard InChI is InChI=1S/C21H33FO.C19H29FO2/c1-4-14-6-8-17-16-7-5-15-13-19(2,23)11-12-21(15,22)18(16)9-10-20(14,17)3;1-17(22)9-10-19(20)12(11-17)3-4-13-14-5-6-16(21)18(14,2)8-7-15(13)19/h4,15-18,23H,5-13H2,1-3H3;12-15,22H,3-11H2,1-2H3/t15-,16+,17+,18?,19-,20-,21-;12-,13+,14+,15?,17-,18+,19-/m11/s1. The van der Waals surface area contributed by atoms with Crippen molar-refractivity contribution in [3.63, 3.8) is 0 Å². The summed E-state index contributed by atoms with van der Waals surface area (Å²) in [6.45, 7) is 10.6. The maximum absolute atomic E-state index is 16.1. The SMILES string of the molecule is CC=C1CC[C@H]2[C@@H]3CC[C@@H]4C[C@](C)(O)CC[C@]4(F)C3CC[C@]12C.C[C@@]1(O)CC[C@]2(F)C3CC[C@]4(C)C(=O)CC[C@H]4[C@@H]3CC[C@@H]2C1. The topological polar surface area (TPSA) is 57.5 Å². The van der Waals surface area contributed by atoms with E-state index >= 15 is 8.78 Å². The predicted molar refractivity (Wildman–Crippen MR) is 175 cm³/mol. The van der Waals surface area contributed by atoms with Crippen molar-refractivity contribution in [3.8, 4) is 0 Å². The summed E-state index contributed by atoms with van der Waals surface area (Å²) in [7, 11) is 0. The van der Waals surface area contributed by atoms with E-state index in [9.17, 15) is 15.0 Å². The van der Waals surface area contributed by atoms with Gasteiger partial charge < -0.3 is 10.2 Å². The second-order valence-electron chi connectivity index (χ2n) is 18.8. The molecule has 3 nitrogen and oxygen atoms in total. The number of allylic oxidation sites excluding steroid dienone is 2. The molecular formula is C40H62F2O3. The summed E-state index contributed by atoms with van der Waals surface area (Å²) < 4.78 is 32.1. The van der Waals surface area contributed by atoms with Gasteiger partial charge in [0.25, 0.3) is 0 Å². The average Bonchev–Trinajstić information content (AvgIpc) is 3.49. The average molecular weight is 629 g/mol. The van der Waals surface area contributed by atoms with Crippen molar-refractivity contribution in [2.24, 2.45) is 58.2 Å². The third-order valence-corrected chi connectivity index (χ3v) is 16.5. The zero-order chi connectivity index (χ0) is 32.2. The van der Waals surface area contributed by atoms with Crippen molar-refractivity contribution in [2.75, 3.05) is 0 Å². The van der Waals surface area contributed by atoms with Gasteiger partial charge in [0, 0.05) is 11.8 Å². The first-order valence-corrected chi connectivity index (χ1v) is 19.1. The molecule has 0 aromatic rings. The summed E-state index contributed by atoms with van der Waals surface area (Å²) in [5.74, 6) is 3.03. The minimum Gasteiger partial charge on any atom is -0.390 e. The van der Waals surface area contributed by atoms with Crippen LogP contribution in [-0.2, 0) is 4.79 Å². The number of hydrogen-bond acceptors (Lipinski definition) is 3. The fraction of sp³-hybridized carbons (Fsp3) is 0.925. The van der Waals surface area contributed by atoms with E-state index in [1.165, 1.54) is 25.7 Å². The summed E-state index contributed by atoms with van der Waals surface area (Å²) in [6, 6.07) is 0. The first kappa shape index (κ1) is 32.7. The Kier molecular flexibility index (Phi) is 7.89. The molecule has 2 unspecified atom stereocenters. The monoisotopic (exact) mass is 628 g/mol. The summed E-state index contributed by atoms with van der Waals surface area (Å²) >= 11 is 0. The van der Waals surface area contributed by atoms with Crippen LogP contribution in [0.3, 0.4) is 0 Å². The van der Waals surface area contributed by atoms with Gasteiger partial charge in [-0.05, 0) is 183 Å². The number of rotatable bonds is 0. The third kappa shape index (κ3) is 4.99. The van der Waals surface area contributed by atoms with Crippen LogP contribution in [0.5, 0.6) is 0 Å². The second-order valence-corrected chi connectivity index (χ2v) is 18.8. The number of Topliss-reactive ketones (excluding diaryl/α,β-unsaturated/α-hetero) is 1. The number of halogens is 2. The lowest BCUT2D eigenvalue weighted by Gasteiger charge is -2.59. The molecule has 0 aliphatic heterocycles. The Morgan fingerprint density at radius 1 is 0.600 bits per heavy atom. The van der Waals surface area contributed by atoms with Crippen LogP contribution in [0.25, 0.3) is 0 Å². The molecule has 254 valence electrons. The first-order valence-electron chi connectivity index (χ1n) is 19.1. The van der Waals surface area contributed by atoms with Crippen molar-refractivity contribution in [1.29, 1.82) is 0 Å². The van der Waals surface area contributed by atoms with Gasteiger partial charge in [-0.2, -0.15) is 0 Å². The van der Waals surface area contributed by atoms with Crippen LogP contribution in [0, 0.1) is 58.2 Å². The number of carbonyl (C=O) groups is 1. The van der Waals surface area contributed by atoms with Crippen LogP contribution in [0.2, 0.25) is 0 Å². The number of alkyl halides is 2. The van der Waals surface area contributed by atoms with Gasteiger partial charge in [0.2, 0.25) is 0 Å². The van der Waals surface area contributed by atoms with E-state index in [1.807, 2.05) is 13.8 Å². The zero-order valence-electron chi connectivity index (χ0n) is 29.0. The number of fused-ring (bicyclic) bond motifs is 10. The van der Waals surface area contributed by atoms with Crippen molar-refractivity contribution in [1.82, 2.24) is 0 Å². The molecule has 8 fully saturated rings. The minimum atomic E-state index is -1.09. The summed E-state index contributed by atoms with van der Waals surface area (Å²) in [4.78, 5) is 12.3. The van der Waals surface area contributed by atoms with E-state index < -0.39 is 22.5 Å². The quantitative estimate of drug-likeness (QED) is 0.263. The smallest absolute Gasteiger partial charge is 0.139 e. The van der Waals surface area contributed by atoms with Crippen LogP contribution in [0.15, 0.2) is 11.6 Å². The van der Waals surface area contributed by atoms with Crippen LogP contribution < -0.4 is 0 Å². The Labute approximate surface area is 271 Å². The molecular weight excluding hydrogens is 566 g/mol. The maximum atomic E-state index is 16.1. The van der Waals surface area contributed by atoms with Gasteiger partial charge in [0.15, 0.2) is 0 Å². The molecule has 0 saturated heterocycles. The minimum absolute atomic E-state index is 0.0268. The highest BCUT2D eigenvalue weighted by atomic mass is 19.1.